The average molecular weight is 256 g/mol. The largest absolute Gasteiger partial charge is 0.376 e. The topological polar surface area (TPSA) is 24.5 Å². The van der Waals surface area contributed by atoms with E-state index in [-0.39, 0.29) is 5.54 Å². The van der Waals surface area contributed by atoms with E-state index in [1.807, 2.05) is 0 Å². The predicted molar refractivity (Wildman–Crippen MR) is 78.1 cm³/mol. The highest BCUT2D eigenvalue weighted by atomic mass is 16.5. The van der Waals surface area contributed by atoms with Crippen LogP contribution in [0.25, 0.3) is 0 Å². The summed E-state index contributed by atoms with van der Waals surface area (Å²) in [5, 5.41) is 3.54. The van der Waals surface area contributed by atoms with E-state index in [1.54, 1.807) is 0 Å². The molecule has 3 heteroatoms. The molecule has 1 fully saturated rings. The molecule has 1 saturated heterocycles. The quantitative estimate of drug-likeness (QED) is 0.740. The molecule has 0 aliphatic carbocycles. The first kappa shape index (κ1) is 15.9. The second-order valence-electron chi connectivity index (χ2n) is 6.73. The minimum absolute atomic E-state index is 0.258. The van der Waals surface area contributed by atoms with Gasteiger partial charge in [-0.1, -0.05) is 6.42 Å². The molecule has 1 heterocycles. The molecule has 2 unspecified atom stereocenters. The Morgan fingerprint density at radius 3 is 2.56 bits per heavy atom. The summed E-state index contributed by atoms with van der Waals surface area (Å²) in [5.74, 6) is 0. The lowest BCUT2D eigenvalue weighted by Crippen LogP contribution is -2.47. The van der Waals surface area contributed by atoms with Crippen molar-refractivity contribution in [3.63, 3.8) is 0 Å². The molecule has 0 radical (unpaired) electrons. The van der Waals surface area contributed by atoms with E-state index < -0.39 is 0 Å². The van der Waals surface area contributed by atoms with Crippen molar-refractivity contribution in [2.45, 2.75) is 71.6 Å². The van der Waals surface area contributed by atoms with Gasteiger partial charge >= 0.3 is 0 Å². The fraction of sp³-hybridized carbons (Fsp3) is 1.00. The van der Waals surface area contributed by atoms with Crippen LogP contribution in [0.1, 0.15) is 53.9 Å². The molecule has 1 N–H and O–H groups in total. The Hall–Kier alpha value is -0.120. The smallest absolute Gasteiger partial charge is 0.0674 e. The summed E-state index contributed by atoms with van der Waals surface area (Å²) in [6, 6.07) is 0.592. The molecular formula is C15H32N2O. The maximum atomic E-state index is 5.65. The monoisotopic (exact) mass is 256 g/mol. The lowest BCUT2D eigenvalue weighted by atomic mass is 10.1. The predicted octanol–water partition coefficient (Wildman–Crippen LogP) is 2.65. The molecule has 0 spiro atoms. The molecule has 108 valence electrons. The van der Waals surface area contributed by atoms with E-state index >= 15 is 0 Å². The van der Waals surface area contributed by atoms with Gasteiger partial charge in [0.05, 0.1) is 12.7 Å². The molecule has 1 aliphatic rings. The number of rotatable bonds is 6. The van der Waals surface area contributed by atoms with Gasteiger partial charge in [0.25, 0.3) is 0 Å². The van der Waals surface area contributed by atoms with E-state index in [0.29, 0.717) is 12.1 Å². The molecule has 3 nitrogen and oxygen atoms in total. The van der Waals surface area contributed by atoms with E-state index in [1.165, 1.54) is 25.8 Å². The van der Waals surface area contributed by atoms with Crippen LogP contribution in [-0.2, 0) is 4.74 Å². The van der Waals surface area contributed by atoms with Crippen molar-refractivity contribution in [2.75, 3.05) is 26.2 Å². The first-order valence-electron chi connectivity index (χ1n) is 7.49. The Labute approximate surface area is 113 Å². The second kappa shape index (κ2) is 7.46. The molecule has 18 heavy (non-hydrogen) atoms. The number of hydrogen-bond donors (Lipinski definition) is 1. The first-order chi connectivity index (χ1) is 8.38. The van der Waals surface area contributed by atoms with Crippen LogP contribution in [0, 0.1) is 0 Å². The Balaban J connectivity index is 2.03. The van der Waals surface area contributed by atoms with Gasteiger partial charge in [0.2, 0.25) is 0 Å². The molecule has 0 amide bonds. The van der Waals surface area contributed by atoms with Crippen LogP contribution >= 0.6 is 0 Å². The van der Waals surface area contributed by atoms with Crippen LogP contribution in [0.15, 0.2) is 0 Å². The van der Waals surface area contributed by atoms with E-state index in [9.17, 15) is 0 Å². The van der Waals surface area contributed by atoms with Crippen molar-refractivity contribution in [3.8, 4) is 0 Å². The summed E-state index contributed by atoms with van der Waals surface area (Å²) in [4.78, 5) is 2.57. The van der Waals surface area contributed by atoms with Gasteiger partial charge in [-0.15, -0.1) is 0 Å². The zero-order valence-electron chi connectivity index (χ0n) is 13.0. The van der Waals surface area contributed by atoms with Gasteiger partial charge in [-0.3, -0.25) is 4.90 Å². The SMILES string of the molecule is CC1CN(CCCCCNC(C)(C)C)C(C)CO1. The van der Waals surface area contributed by atoms with E-state index in [4.69, 9.17) is 4.74 Å². The number of hydrogen-bond acceptors (Lipinski definition) is 3. The Bertz CT molecular complexity index is 225. The van der Waals surface area contributed by atoms with Crippen LogP contribution in [-0.4, -0.2) is 48.8 Å². The van der Waals surface area contributed by atoms with Crippen LogP contribution < -0.4 is 5.32 Å². The minimum atomic E-state index is 0.258. The van der Waals surface area contributed by atoms with Gasteiger partial charge in [0.1, 0.15) is 0 Å². The van der Waals surface area contributed by atoms with Crippen LogP contribution in [0.2, 0.25) is 0 Å². The van der Waals surface area contributed by atoms with Gasteiger partial charge in [0, 0.05) is 18.1 Å². The van der Waals surface area contributed by atoms with Crippen molar-refractivity contribution >= 4 is 0 Å². The Morgan fingerprint density at radius 1 is 1.17 bits per heavy atom. The zero-order chi connectivity index (χ0) is 13.6. The number of unbranched alkanes of at least 4 members (excludes halogenated alkanes) is 2. The van der Waals surface area contributed by atoms with Crippen molar-refractivity contribution in [1.82, 2.24) is 10.2 Å². The fourth-order valence-electron chi connectivity index (χ4n) is 2.36. The standard InChI is InChI=1S/C15H32N2O/c1-13-12-18-14(2)11-17(13)10-8-6-7-9-16-15(3,4)5/h13-14,16H,6-12H2,1-5H3. The highest BCUT2D eigenvalue weighted by Gasteiger charge is 2.22. The summed E-state index contributed by atoms with van der Waals surface area (Å²) < 4.78 is 5.65. The van der Waals surface area contributed by atoms with Crippen LogP contribution in [0.5, 0.6) is 0 Å². The van der Waals surface area contributed by atoms with Gasteiger partial charge in [-0.2, -0.15) is 0 Å². The van der Waals surface area contributed by atoms with Crippen molar-refractivity contribution < 1.29 is 4.74 Å². The number of ether oxygens (including phenoxy) is 1. The molecule has 0 saturated carbocycles. The summed E-state index contributed by atoms with van der Waals surface area (Å²) in [6.45, 7) is 15.5. The molecule has 0 aromatic heterocycles. The molecule has 2 atom stereocenters. The summed E-state index contributed by atoms with van der Waals surface area (Å²) in [7, 11) is 0. The van der Waals surface area contributed by atoms with E-state index in [2.05, 4.69) is 44.8 Å². The zero-order valence-corrected chi connectivity index (χ0v) is 13.0. The summed E-state index contributed by atoms with van der Waals surface area (Å²) in [6.07, 6.45) is 4.32. The highest BCUT2D eigenvalue weighted by Crippen LogP contribution is 2.12. The third kappa shape index (κ3) is 6.72. The Morgan fingerprint density at radius 2 is 1.89 bits per heavy atom. The number of nitrogens with one attached hydrogen (secondary N) is 1. The third-order valence-electron chi connectivity index (χ3n) is 3.51. The summed E-state index contributed by atoms with van der Waals surface area (Å²) >= 11 is 0. The van der Waals surface area contributed by atoms with Crippen LogP contribution in [0.4, 0.5) is 0 Å². The molecule has 0 aromatic carbocycles. The number of nitrogens with zero attached hydrogens (tertiary/aromatic N) is 1. The molecule has 0 aromatic rings. The molecule has 1 rings (SSSR count). The normalized spacial score (nSPS) is 26.5. The highest BCUT2D eigenvalue weighted by molar-refractivity contribution is 4.75. The maximum absolute atomic E-state index is 5.65. The van der Waals surface area contributed by atoms with Gasteiger partial charge in [0.15, 0.2) is 0 Å². The Kier molecular flexibility index (Phi) is 6.61. The molecular weight excluding hydrogens is 224 g/mol. The van der Waals surface area contributed by atoms with Crippen molar-refractivity contribution in [3.05, 3.63) is 0 Å². The van der Waals surface area contributed by atoms with Crippen molar-refractivity contribution in [1.29, 1.82) is 0 Å². The molecule has 1 aliphatic heterocycles. The molecule has 0 bridgehead atoms. The third-order valence-corrected chi connectivity index (χ3v) is 3.51. The maximum Gasteiger partial charge on any atom is 0.0674 e. The van der Waals surface area contributed by atoms with Crippen LogP contribution in [0.3, 0.4) is 0 Å². The van der Waals surface area contributed by atoms with E-state index in [0.717, 1.165) is 19.7 Å². The second-order valence-corrected chi connectivity index (χ2v) is 6.73. The minimum Gasteiger partial charge on any atom is -0.376 e. The van der Waals surface area contributed by atoms with Gasteiger partial charge < -0.3 is 10.1 Å². The van der Waals surface area contributed by atoms with Crippen molar-refractivity contribution in [2.24, 2.45) is 0 Å². The first-order valence-corrected chi connectivity index (χ1v) is 7.49. The van der Waals surface area contributed by atoms with Gasteiger partial charge in [-0.05, 0) is 60.5 Å². The number of morpholine rings is 1. The van der Waals surface area contributed by atoms with Gasteiger partial charge in [-0.25, -0.2) is 0 Å². The average Bonchev–Trinajstić information content (AvgIpc) is 2.26. The lowest BCUT2D eigenvalue weighted by Gasteiger charge is -2.36. The lowest BCUT2D eigenvalue weighted by molar-refractivity contribution is -0.0496. The summed E-state index contributed by atoms with van der Waals surface area (Å²) in [5.41, 5.74) is 0.258. The fourth-order valence-corrected chi connectivity index (χ4v) is 2.36.